The summed E-state index contributed by atoms with van der Waals surface area (Å²) in [5, 5.41) is 12.1. The zero-order valence-corrected chi connectivity index (χ0v) is 13.1. The van der Waals surface area contributed by atoms with Gasteiger partial charge in [-0.15, -0.1) is 0 Å². The van der Waals surface area contributed by atoms with E-state index in [0.717, 1.165) is 36.4 Å². The molecule has 2 heterocycles. The Morgan fingerprint density at radius 1 is 1.24 bits per heavy atom. The summed E-state index contributed by atoms with van der Waals surface area (Å²) in [7, 11) is 0. The number of hydrogen-bond acceptors (Lipinski definition) is 3. The van der Waals surface area contributed by atoms with Gasteiger partial charge in [-0.1, -0.05) is 18.6 Å². The highest BCUT2D eigenvalue weighted by Crippen LogP contribution is 2.23. The summed E-state index contributed by atoms with van der Waals surface area (Å²) in [6.07, 6.45) is 5.25. The van der Waals surface area contributed by atoms with Crippen LogP contribution in [0.1, 0.15) is 39.5 Å². The van der Waals surface area contributed by atoms with Crippen molar-refractivity contribution in [2.45, 2.75) is 51.6 Å². The standard InChI is InChI=1S/C17H26N4/c1-13-7-5-8-14(2)21(13)12-6-11-18-17-15-9-3-4-10-16(15)19-20-17/h3-4,9-10,13-14H,5-8,11-12H2,1-2H3,(H2,18,19,20)/t13-,14-/m0/s1. The summed E-state index contributed by atoms with van der Waals surface area (Å²) in [6, 6.07) is 9.73. The Morgan fingerprint density at radius 2 is 2.00 bits per heavy atom. The van der Waals surface area contributed by atoms with Crippen LogP contribution in [-0.2, 0) is 0 Å². The first kappa shape index (κ1) is 14.4. The Morgan fingerprint density at radius 3 is 2.81 bits per heavy atom. The van der Waals surface area contributed by atoms with Crippen molar-refractivity contribution in [3.8, 4) is 0 Å². The summed E-state index contributed by atoms with van der Waals surface area (Å²) in [6.45, 7) is 6.89. The Hall–Kier alpha value is -1.55. The quantitative estimate of drug-likeness (QED) is 0.825. The number of nitrogens with one attached hydrogen (secondary N) is 2. The SMILES string of the molecule is C[C@H]1CCC[C@H](C)N1CCCNc1n[nH]c2ccccc12. The smallest absolute Gasteiger partial charge is 0.155 e. The van der Waals surface area contributed by atoms with Crippen LogP contribution in [0.3, 0.4) is 0 Å². The van der Waals surface area contributed by atoms with Gasteiger partial charge in [0, 0.05) is 30.6 Å². The van der Waals surface area contributed by atoms with E-state index in [2.05, 4.69) is 52.5 Å². The average Bonchev–Trinajstić information content (AvgIpc) is 2.89. The van der Waals surface area contributed by atoms with Crippen molar-refractivity contribution in [3.63, 3.8) is 0 Å². The fourth-order valence-corrected chi connectivity index (χ4v) is 3.48. The summed E-state index contributed by atoms with van der Waals surface area (Å²) < 4.78 is 0. The second-order valence-electron chi connectivity index (χ2n) is 6.26. The predicted octanol–water partition coefficient (Wildman–Crippen LogP) is 3.63. The Balaban J connectivity index is 1.50. The van der Waals surface area contributed by atoms with Crippen LogP contribution >= 0.6 is 0 Å². The summed E-state index contributed by atoms with van der Waals surface area (Å²) >= 11 is 0. The van der Waals surface area contributed by atoms with Gasteiger partial charge in [-0.3, -0.25) is 10.00 Å². The molecular formula is C17H26N4. The summed E-state index contributed by atoms with van der Waals surface area (Å²) in [4.78, 5) is 2.66. The molecule has 0 amide bonds. The van der Waals surface area contributed by atoms with E-state index in [1.807, 2.05) is 6.07 Å². The third kappa shape index (κ3) is 3.21. The van der Waals surface area contributed by atoms with Gasteiger partial charge in [-0.25, -0.2) is 0 Å². The molecule has 0 bridgehead atoms. The van der Waals surface area contributed by atoms with Gasteiger partial charge in [-0.05, 0) is 45.2 Å². The normalized spacial score (nSPS) is 23.5. The third-order valence-electron chi connectivity index (χ3n) is 4.73. The molecule has 4 nitrogen and oxygen atoms in total. The van der Waals surface area contributed by atoms with Crippen LogP contribution in [0.2, 0.25) is 0 Å². The molecule has 0 unspecified atom stereocenters. The van der Waals surface area contributed by atoms with Crippen LogP contribution in [0.4, 0.5) is 5.82 Å². The van der Waals surface area contributed by atoms with Crippen LogP contribution in [0.25, 0.3) is 10.9 Å². The van der Waals surface area contributed by atoms with Gasteiger partial charge in [-0.2, -0.15) is 5.10 Å². The zero-order valence-electron chi connectivity index (χ0n) is 13.1. The topological polar surface area (TPSA) is 44.0 Å². The minimum Gasteiger partial charge on any atom is -0.368 e. The van der Waals surface area contributed by atoms with Gasteiger partial charge in [0.25, 0.3) is 0 Å². The zero-order chi connectivity index (χ0) is 14.7. The number of aromatic nitrogens is 2. The lowest BCUT2D eigenvalue weighted by molar-refractivity contribution is 0.103. The van der Waals surface area contributed by atoms with Crippen LogP contribution in [0.5, 0.6) is 0 Å². The van der Waals surface area contributed by atoms with Gasteiger partial charge >= 0.3 is 0 Å². The lowest BCUT2D eigenvalue weighted by Gasteiger charge is -2.39. The molecular weight excluding hydrogens is 260 g/mol. The summed E-state index contributed by atoms with van der Waals surface area (Å²) in [5.41, 5.74) is 1.10. The fourth-order valence-electron chi connectivity index (χ4n) is 3.48. The molecule has 4 heteroatoms. The molecule has 1 aliphatic rings. The second kappa shape index (κ2) is 6.48. The van der Waals surface area contributed by atoms with E-state index in [1.165, 1.54) is 31.2 Å². The largest absolute Gasteiger partial charge is 0.368 e. The number of nitrogens with zero attached hydrogens (tertiary/aromatic N) is 2. The number of fused-ring (bicyclic) bond motifs is 1. The van der Waals surface area contributed by atoms with E-state index in [-0.39, 0.29) is 0 Å². The van der Waals surface area contributed by atoms with Crippen LogP contribution in [0.15, 0.2) is 24.3 Å². The number of para-hydroxylation sites is 1. The lowest BCUT2D eigenvalue weighted by Crippen LogP contribution is -2.44. The Kier molecular flexibility index (Phi) is 4.44. The van der Waals surface area contributed by atoms with Gasteiger partial charge in [0.05, 0.1) is 5.52 Å². The average molecular weight is 286 g/mol. The third-order valence-corrected chi connectivity index (χ3v) is 4.73. The molecule has 0 aliphatic carbocycles. The number of anilines is 1. The molecule has 2 atom stereocenters. The number of aromatic amines is 1. The van der Waals surface area contributed by atoms with Gasteiger partial charge in [0.15, 0.2) is 5.82 Å². The van der Waals surface area contributed by atoms with Gasteiger partial charge in [0.2, 0.25) is 0 Å². The van der Waals surface area contributed by atoms with Crippen molar-refractivity contribution in [1.82, 2.24) is 15.1 Å². The molecule has 21 heavy (non-hydrogen) atoms. The Bertz CT molecular complexity index is 567. The molecule has 0 radical (unpaired) electrons. The van der Waals surface area contributed by atoms with Crippen molar-refractivity contribution in [3.05, 3.63) is 24.3 Å². The predicted molar refractivity (Wildman–Crippen MR) is 88.7 cm³/mol. The lowest BCUT2D eigenvalue weighted by atomic mass is 9.97. The summed E-state index contributed by atoms with van der Waals surface area (Å²) in [5.74, 6) is 0.977. The first-order valence-electron chi connectivity index (χ1n) is 8.18. The minimum atomic E-state index is 0.736. The first-order chi connectivity index (χ1) is 10.3. The van der Waals surface area contributed by atoms with Gasteiger partial charge in [0.1, 0.15) is 0 Å². The minimum absolute atomic E-state index is 0.736. The highest BCUT2D eigenvalue weighted by Gasteiger charge is 2.23. The number of piperidine rings is 1. The molecule has 1 aromatic carbocycles. The maximum Gasteiger partial charge on any atom is 0.155 e. The van der Waals surface area contributed by atoms with Crippen molar-refractivity contribution >= 4 is 16.7 Å². The Labute approximate surface area is 126 Å². The van der Waals surface area contributed by atoms with E-state index < -0.39 is 0 Å². The number of likely N-dealkylation sites (tertiary alicyclic amines) is 1. The molecule has 2 N–H and O–H groups in total. The van der Waals surface area contributed by atoms with E-state index in [9.17, 15) is 0 Å². The van der Waals surface area contributed by atoms with E-state index >= 15 is 0 Å². The molecule has 0 saturated carbocycles. The van der Waals surface area contributed by atoms with Crippen molar-refractivity contribution < 1.29 is 0 Å². The van der Waals surface area contributed by atoms with Crippen LogP contribution < -0.4 is 5.32 Å². The molecule has 1 aliphatic heterocycles. The number of H-pyrrole nitrogens is 1. The van der Waals surface area contributed by atoms with E-state index in [1.54, 1.807) is 0 Å². The monoisotopic (exact) mass is 286 g/mol. The highest BCUT2D eigenvalue weighted by molar-refractivity contribution is 5.89. The first-order valence-corrected chi connectivity index (χ1v) is 8.18. The maximum atomic E-state index is 4.36. The van der Waals surface area contributed by atoms with Gasteiger partial charge < -0.3 is 5.32 Å². The maximum absolute atomic E-state index is 4.36. The molecule has 1 aromatic heterocycles. The van der Waals surface area contributed by atoms with Crippen molar-refractivity contribution in [2.75, 3.05) is 18.4 Å². The molecule has 3 rings (SSSR count). The molecule has 114 valence electrons. The molecule has 1 saturated heterocycles. The fraction of sp³-hybridized carbons (Fsp3) is 0.588. The number of benzene rings is 1. The van der Waals surface area contributed by atoms with E-state index in [0.29, 0.717) is 0 Å². The molecule has 0 spiro atoms. The number of rotatable bonds is 5. The van der Waals surface area contributed by atoms with Crippen LogP contribution in [-0.4, -0.2) is 40.3 Å². The second-order valence-corrected chi connectivity index (χ2v) is 6.26. The molecule has 1 fully saturated rings. The van der Waals surface area contributed by atoms with E-state index in [4.69, 9.17) is 0 Å². The van der Waals surface area contributed by atoms with Crippen molar-refractivity contribution in [2.24, 2.45) is 0 Å². The number of hydrogen-bond donors (Lipinski definition) is 2. The molecule has 2 aromatic rings. The highest BCUT2D eigenvalue weighted by atomic mass is 15.2. The van der Waals surface area contributed by atoms with Crippen molar-refractivity contribution in [1.29, 1.82) is 0 Å². The van der Waals surface area contributed by atoms with Crippen LogP contribution in [0, 0.1) is 0 Å².